The van der Waals surface area contributed by atoms with Crippen molar-refractivity contribution in [3.8, 4) is 0 Å². The number of aryl methyl sites for hydroxylation is 1. The Morgan fingerprint density at radius 2 is 1.80 bits per heavy atom. The van der Waals surface area contributed by atoms with Gasteiger partial charge in [-0.25, -0.2) is 0 Å². The molecule has 0 radical (unpaired) electrons. The Morgan fingerprint density at radius 1 is 1.13 bits per heavy atom. The molecule has 0 fully saturated rings. The highest BCUT2D eigenvalue weighted by Crippen LogP contribution is 2.04. The number of benzene rings is 1. The topological polar surface area (TPSA) is 23.5 Å². The molecule has 0 heterocycles. The molecular weight excluding hydrogens is 186 g/mol. The van der Waals surface area contributed by atoms with Crippen molar-refractivity contribution in [1.82, 2.24) is 4.90 Å². The van der Waals surface area contributed by atoms with Crippen LogP contribution in [-0.2, 0) is 6.42 Å². The van der Waals surface area contributed by atoms with Gasteiger partial charge in [-0.05, 0) is 32.4 Å². The molecule has 0 saturated carbocycles. The van der Waals surface area contributed by atoms with E-state index in [-0.39, 0.29) is 6.61 Å². The molecule has 1 aromatic carbocycles. The average molecular weight is 207 g/mol. The van der Waals surface area contributed by atoms with Crippen LogP contribution in [0.5, 0.6) is 0 Å². The fourth-order valence-corrected chi connectivity index (χ4v) is 1.53. The largest absolute Gasteiger partial charge is 0.396 e. The van der Waals surface area contributed by atoms with Crippen LogP contribution in [0.1, 0.15) is 17.5 Å². The summed E-state index contributed by atoms with van der Waals surface area (Å²) in [5.74, 6) is 0. The normalized spacial score (nSPS) is 10.9. The zero-order chi connectivity index (χ0) is 11.1. The van der Waals surface area contributed by atoms with Crippen LogP contribution in [0.3, 0.4) is 0 Å². The lowest BCUT2D eigenvalue weighted by Crippen LogP contribution is -2.23. The first-order valence-corrected chi connectivity index (χ1v) is 5.57. The molecule has 0 unspecified atom stereocenters. The van der Waals surface area contributed by atoms with Crippen molar-refractivity contribution in [1.29, 1.82) is 0 Å². The lowest BCUT2D eigenvalue weighted by Gasteiger charge is -2.15. The van der Waals surface area contributed by atoms with Gasteiger partial charge in [0.15, 0.2) is 0 Å². The van der Waals surface area contributed by atoms with E-state index in [9.17, 15) is 0 Å². The molecule has 0 amide bonds. The predicted octanol–water partition coefficient (Wildman–Crippen LogP) is 1.85. The summed E-state index contributed by atoms with van der Waals surface area (Å²) in [4.78, 5) is 2.26. The van der Waals surface area contributed by atoms with Crippen LogP contribution in [0.4, 0.5) is 0 Å². The second-order valence-corrected chi connectivity index (χ2v) is 4.12. The first kappa shape index (κ1) is 12.2. The first-order valence-electron chi connectivity index (χ1n) is 5.57. The summed E-state index contributed by atoms with van der Waals surface area (Å²) in [6, 6.07) is 8.69. The molecule has 0 aliphatic rings. The van der Waals surface area contributed by atoms with Gasteiger partial charge in [0, 0.05) is 19.7 Å². The molecule has 0 bridgehead atoms. The van der Waals surface area contributed by atoms with Gasteiger partial charge in [0.2, 0.25) is 0 Å². The molecule has 0 aromatic heterocycles. The molecule has 2 heteroatoms. The number of aliphatic hydroxyl groups excluding tert-OH is 1. The van der Waals surface area contributed by atoms with E-state index >= 15 is 0 Å². The Balaban J connectivity index is 2.27. The van der Waals surface area contributed by atoms with Gasteiger partial charge in [-0.1, -0.05) is 29.8 Å². The van der Waals surface area contributed by atoms with E-state index in [1.165, 1.54) is 11.1 Å². The molecule has 0 atom stereocenters. The number of likely N-dealkylation sites (N-methyl/N-ethyl adjacent to an activating group) is 1. The van der Waals surface area contributed by atoms with Gasteiger partial charge in [0.05, 0.1) is 0 Å². The highest BCUT2D eigenvalue weighted by molar-refractivity contribution is 5.21. The summed E-state index contributed by atoms with van der Waals surface area (Å²) >= 11 is 0. The number of rotatable bonds is 6. The minimum atomic E-state index is 0.287. The average Bonchev–Trinajstić information content (AvgIpc) is 2.25. The van der Waals surface area contributed by atoms with E-state index < -0.39 is 0 Å². The second-order valence-electron chi connectivity index (χ2n) is 4.12. The smallest absolute Gasteiger partial charge is 0.0443 e. The van der Waals surface area contributed by atoms with Crippen LogP contribution in [0.15, 0.2) is 24.3 Å². The molecule has 2 nitrogen and oxygen atoms in total. The van der Waals surface area contributed by atoms with Crippen molar-refractivity contribution in [2.45, 2.75) is 19.8 Å². The van der Waals surface area contributed by atoms with Gasteiger partial charge in [-0.3, -0.25) is 0 Å². The van der Waals surface area contributed by atoms with E-state index in [2.05, 4.69) is 43.1 Å². The Labute approximate surface area is 92.5 Å². The molecular formula is C13H21NO. The van der Waals surface area contributed by atoms with Gasteiger partial charge >= 0.3 is 0 Å². The number of hydrogen-bond acceptors (Lipinski definition) is 2. The third-order valence-electron chi connectivity index (χ3n) is 2.60. The van der Waals surface area contributed by atoms with Crippen molar-refractivity contribution in [3.05, 3.63) is 35.4 Å². The van der Waals surface area contributed by atoms with Gasteiger partial charge in [-0.15, -0.1) is 0 Å². The highest BCUT2D eigenvalue weighted by atomic mass is 16.3. The molecule has 1 aromatic rings. The lowest BCUT2D eigenvalue weighted by molar-refractivity contribution is 0.248. The first-order chi connectivity index (χ1) is 7.22. The van der Waals surface area contributed by atoms with Gasteiger partial charge in [-0.2, -0.15) is 0 Å². The third-order valence-corrected chi connectivity index (χ3v) is 2.60. The Bertz CT molecular complexity index is 268. The number of aliphatic hydroxyl groups is 1. The van der Waals surface area contributed by atoms with E-state index in [4.69, 9.17) is 5.11 Å². The van der Waals surface area contributed by atoms with Crippen LogP contribution in [-0.4, -0.2) is 36.8 Å². The minimum absolute atomic E-state index is 0.287. The fourth-order valence-electron chi connectivity index (χ4n) is 1.53. The van der Waals surface area contributed by atoms with E-state index in [1.807, 2.05) is 0 Å². The Morgan fingerprint density at radius 3 is 2.40 bits per heavy atom. The number of nitrogens with zero attached hydrogens (tertiary/aromatic N) is 1. The Hall–Kier alpha value is -0.860. The Kier molecular flexibility index (Phi) is 5.37. The monoisotopic (exact) mass is 207 g/mol. The highest BCUT2D eigenvalue weighted by Gasteiger charge is 1.98. The summed E-state index contributed by atoms with van der Waals surface area (Å²) in [7, 11) is 2.10. The van der Waals surface area contributed by atoms with Crippen molar-refractivity contribution in [2.24, 2.45) is 0 Å². The third kappa shape index (κ3) is 4.96. The van der Waals surface area contributed by atoms with Crippen LogP contribution < -0.4 is 0 Å². The van der Waals surface area contributed by atoms with Crippen LogP contribution in [0.2, 0.25) is 0 Å². The summed E-state index contributed by atoms with van der Waals surface area (Å²) in [5.41, 5.74) is 2.70. The van der Waals surface area contributed by atoms with Crippen molar-refractivity contribution < 1.29 is 5.11 Å². The second kappa shape index (κ2) is 6.59. The number of hydrogen-bond donors (Lipinski definition) is 1. The standard InChI is InChI=1S/C13H21NO/c1-12-4-6-13(7-5-12)8-10-14(2)9-3-11-15/h4-7,15H,3,8-11H2,1-2H3. The maximum atomic E-state index is 8.70. The van der Waals surface area contributed by atoms with Crippen molar-refractivity contribution in [2.75, 3.05) is 26.7 Å². The molecule has 1 N–H and O–H groups in total. The zero-order valence-electron chi connectivity index (χ0n) is 9.74. The van der Waals surface area contributed by atoms with Crippen molar-refractivity contribution in [3.63, 3.8) is 0 Å². The molecule has 0 saturated heterocycles. The molecule has 1 rings (SSSR count). The van der Waals surface area contributed by atoms with E-state index in [0.717, 1.165) is 25.9 Å². The van der Waals surface area contributed by atoms with Crippen LogP contribution >= 0.6 is 0 Å². The van der Waals surface area contributed by atoms with Gasteiger partial charge < -0.3 is 10.0 Å². The molecule has 0 spiro atoms. The van der Waals surface area contributed by atoms with E-state index in [1.54, 1.807) is 0 Å². The zero-order valence-corrected chi connectivity index (χ0v) is 9.74. The van der Waals surface area contributed by atoms with Crippen LogP contribution in [0.25, 0.3) is 0 Å². The van der Waals surface area contributed by atoms with Gasteiger partial charge in [0.1, 0.15) is 0 Å². The summed E-state index contributed by atoms with van der Waals surface area (Å²) in [6.45, 7) is 4.43. The van der Waals surface area contributed by atoms with E-state index in [0.29, 0.717) is 0 Å². The molecule has 84 valence electrons. The maximum Gasteiger partial charge on any atom is 0.0443 e. The molecule has 0 aliphatic heterocycles. The predicted molar refractivity (Wildman–Crippen MR) is 64.1 cm³/mol. The summed E-state index contributed by atoms with van der Waals surface area (Å²) < 4.78 is 0. The molecule has 0 aliphatic carbocycles. The van der Waals surface area contributed by atoms with Crippen molar-refractivity contribution >= 4 is 0 Å². The molecule has 15 heavy (non-hydrogen) atoms. The minimum Gasteiger partial charge on any atom is -0.396 e. The quantitative estimate of drug-likeness (QED) is 0.769. The maximum absolute atomic E-state index is 8.70. The SMILES string of the molecule is Cc1ccc(CCN(C)CCCO)cc1. The van der Waals surface area contributed by atoms with Crippen LogP contribution in [0, 0.1) is 6.92 Å². The summed E-state index contributed by atoms with van der Waals surface area (Å²) in [5, 5.41) is 8.70. The summed E-state index contributed by atoms with van der Waals surface area (Å²) in [6.07, 6.45) is 1.95. The lowest BCUT2D eigenvalue weighted by atomic mass is 10.1. The van der Waals surface area contributed by atoms with Gasteiger partial charge in [0.25, 0.3) is 0 Å². The fraction of sp³-hybridized carbons (Fsp3) is 0.538.